The van der Waals surface area contributed by atoms with Crippen LogP contribution in [0.4, 0.5) is 0 Å². The van der Waals surface area contributed by atoms with Gasteiger partial charge >= 0.3 is 0 Å². The molecule has 3 nitrogen and oxygen atoms in total. The number of amides is 1. The molecule has 22 heavy (non-hydrogen) atoms. The Hall–Kier alpha value is -1.84. The molecule has 0 radical (unpaired) electrons. The molecule has 0 spiro atoms. The average Bonchev–Trinajstić information content (AvgIpc) is 2.53. The monoisotopic (exact) mass is 317 g/mol. The second-order valence-electron chi connectivity index (χ2n) is 5.07. The second-order valence-corrected chi connectivity index (χ2v) is 5.48. The predicted octanol–water partition coefficient (Wildman–Crippen LogP) is 3.74. The van der Waals surface area contributed by atoms with Crippen molar-refractivity contribution in [3.05, 3.63) is 70.2 Å². The number of halogens is 1. The SMILES string of the molecule is COCc1ccccc1CNC(=O)CCc1ccccc1Cl. The first kappa shape index (κ1) is 16.5. The summed E-state index contributed by atoms with van der Waals surface area (Å²) in [6.07, 6.45) is 1.07. The highest BCUT2D eigenvalue weighted by Crippen LogP contribution is 2.16. The van der Waals surface area contributed by atoms with Gasteiger partial charge in [-0.2, -0.15) is 0 Å². The summed E-state index contributed by atoms with van der Waals surface area (Å²) in [6, 6.07) is 15.6. The zero-order valence-electron chi connectivity index (χ0n) is 12.6. The first-order valence-corrected chi connectivity index (χ1v) is 7.64. The number of methoxy groups -OCH3 is 1. The third-order valence-electron chi connectivity index (χ3n) is 3.47. The molecule has 0 atom stereocenters. The molecule has 0 saturated heterocycles. The van der Waals surface area contributed by atoms with Crippen LogP contribution in [-0.4, -0.2) is 13.0 Å². The second kappa shape index (κ2) is 8.57. The van der Waals surface area contributed by atoms with Crippen molar-refractivity contribution < 1.29 is 9.53 Å². The van der Waals surface area contributed by atoms with E-state index in [1.165, 1.54) is 0 Å². The maximum Gasteiger partial charge on any atom is 0.220 e. The largest absolute Gasteiger partial charge is 0.380 e. The van der Waals surface area contributed by atoms with E-state index in [9.17, 15) is 4.79 Å². The van der Waals surface area contributed by atoms with Crippen LogP contribution in [-0.2, 0) is 29.1 Å². The number of hydrogen-bond acceptors (Lipinski definition) is 2. The fourth-order valence-electron chi connectivity index (χ4n) is 2.26. The molecule has 4 heteroatoms. The van der Waals surface area contributed by atoms with E-state index in [0.29, 0.717) is 31.0 Å². The van der Waals surface area contributed by atoms with Crippen molar-refractivity contribution in [3.63, 3.8) is 0 Å². The van der Waals surface area contributed by atoms with Crippen molar-refractivity contribution in [3.8, 4) is 0 Å². The van der Waals surface area contributed by atoms with Gasteiger partial charge in [0.2, 0.25) is 5.91 Å². The van der Waals surface area contributed by atoms with Gasteiger partial charge in [-0.3, -0.25) is 4.79 Å². The smallest absolute Gasteiger partial charge is 0.220 e. The van der Waals surface area contributed by atoms with Crippen LogP contribution < -0.4 is 5.32 Å². The van der Waals surface area contributed by atoms with Gasteiger partial charge in [0.05, 0.1) is 6.61 Å². The fourth-order valence-corrected chi connectivity index (χ4v) is 2.49. The van der Waals surface area contributed by atoms with Gasteiger partial charge in [-0.1, -0.05) is 54.1 Å². The first-order chi connectivity index (χ1) is 10.7. The van der Waals surface area contributed by atoms with E-state index in [1.807, 2.05) is 48.5 Å². The lowest BCUT2D eigenvalue weighted by molar-refractivity contribution is -0.121. The van der Waals surface area contributed by atoms with Crippen LogP contribution in [0.2, 0.25) is 5.02 Å². The van der Waals surface area contributed by atoms with E-state index in [2.05, 4.69) is 5.32 Å². The molecule has 2 aromatic carbocycles. The quantitative estimate of drug-likeness (QED) is 0.845. The standard InChI is InChI=1S/C18H20ClNO2/c1-22-13-16-8-3-2-7-15(16)12-20-18(21)11-10-14-6-4-5-9-17(14)19/h2-9H,10-13H2,1H3,(H,20,21). The van der Waals surface area contributed by atoms with Crippen LogP contribution in [0.1, 0.15) is 23.1 Å². The van der Waals surface area contributed by atoms with E-state index in [1.54, 1.807) is 7.11 Å². The molecule has 0 unspecified atom stereocenters. The summed E-state index contributed by atoms with van der Waals surface area (Å²) in [7, 11) is 1.67. The Labute approximate surface area is 136 Å². The van der Waals surface area contributed by atoms with Crippen LogP contribution in [0.15, 0.2) is 48.5 Å². The van der Waals surface area contributed by atoms with Gasteiger partial charge in [0, 0.05) is 25.1 Å². The number of carbonyl (C=O) groups excluding carboxylic acids is 1. The number of benzene rings is 2. The molecule has 0 aromatic heterocycles. The Balaban J connectivity index is 1.84. The minimum atomic E-state index is 0.0205. The molecular formula is C18H20ClNO2. The maximum atomic E-state index is 12.0. The molecule has 0 fully saturated rings. The third-order valence-corrected chi connectivity index (χ3v) is 3.84. The summed E-state index contributed by atoms with van der Waals surface area (Å²) >= 11 is 6.09. The summed E-state index contributed by atoms with van der Waals surface area (Å²) in [5, 5.41) is 3.66. The highest BCUT2D eigenvalue weighted by atomic mass is 35.5. The summed E-state index contributed by atoms with van der Waals surface area (Å²) in [6.45, 7) is 1.06. The van der Waals surface area contributed by atoms with Crippen molar-refractivity contribution >= 4 is 17.5 Å². The number of rotatable bonds is 7. The number of carbonyl (C=O) groups is 1. The molecule has 0 bridgehead atoms. The van der Waals surface area contributed by atoms with Gasteiger partial charge in [-0.05, 0) is 29.2 Å². The van der Waals surface area contributed by atoms with Crippen molar-refractivity contribution in [2.75, 3.05) is 7.11 Å². The molecule has 1 amide bonds. The van der Waals surface area contributed by atoms with Crippen molar-refractivity contribution in [1.82, 2.24) is 5.32 Å². The molecule has 1 N–H and O–H groups in total. The molecular weight excluding hydrogens is 298 g/mol. The highest BCUT2D eigenvalue weighted by molar-refractivity contribution is 6.31. The third kappa shape index (κ3) is 4.86. The fraction of sp³-hybridized carbons (Fsp3) is 0.278. The van der Waals surface area contributed by atoms with E-state index in [0.717, 1.165) is 16.7 Å². The van der Waals surface area contributed by atoms with E-state index in [-0.39, 0.29) is 5.91 Å². The van der Waals surface area contributed by atoms with Gasteiger partial charge in [-0.25, -0.2) is 0 Å². The molecule has 0 aliphatic carbocycles. The summed E-state index contributed by atoms with van der Waals surface area (Å²) < 4.78 is 5.17. The van der Waals surface area contributed by atoms with Gasteiger partial charge in [0.1, 0.15) is 0 Å². The lowest BCUT2D eigenvalue weighted by atomic mass is 10.1. The molecule has 2 rings (SSSR count). The van der Waals surface area contributed by atoms with Crippen LogP contribution in [0.25, 0.3) is 0 Å². The topological polar surface area (TPSA) is 38.3 Å². The Morgan fingerprint density at radius 3 is 2.36 bits per heavy atom. The number of nitrogens with one attached hydrogen (secondary N) is 1. The number of aryl methyl sites for hydroxylation is 1. The van der Waals surface area contributed by atoms with Gasteiger partial charge in [0.15, 0.2) is 0 Å². The summed E-state index contributed by atoms with van der Waals surface area (Å²) in [4.78, 5) is 12.0. The number of ether oxygens (including phenoxy) is 1. The molecule has 116 valence electrons. The lowest BCUT2D eigenvalue weighted by Gasteiger charge is -2.10. The van der Waals surface area contributed by atoms with E-state index >= 15 is 0 Å². The molecule has 0 aliphatic rings. The predicted molar refractivity (Wildman–Crippen MR) is 88.8 cm³/mol. The van der Waals surface area contributed by atoms with Crippen molar-refractivity contribution in [1.29, 1.82) is 0 Å². The summed E-state index contributed by atoms with van der Waals surface area (Å²) in [5.41, 5.74) is 3.17. The Morgan fingerprint density at radius 2 is 1.68 bits per heavy atom. The van der Waals surface area contributed by atoms with Gasteiger partial charge in [0.25, 0.3) is 0 Å². The van der Waals surface area contributed by atoms with Crippen molar-refractivity contribution in [2.24, 2.45) is 0 Å². The lowest BCUT2D eigenvalue weighted by Crippen LogP contribution is -2.23. The average molecular weight is 318 g/mol. The van der Waals surface area contributed by atoms with Gasteiger partial charge < -0.3 is 10.1 Å². The Bertz CT molecular complexity index is 628. The highest BCUT2D eigenvalue weighted by Gasteiger charge is 2.06. The molecule has 0 aliphatic heterocycles. The molecule has 0 saturated carbocycles. The van der Waals surface area contributed by atoms with Crippen LogP contribution >= 0.6 is 11.6 Å². The molecule has 0 heterocycles. The number of hydrogen-bond donors (Lipinski definition) is 1. The first-order valence-electron chi connectivity index (χ1n) is 7.26. The zero-order valence-corrected chi connectivity index (χ0v) is 13.4. The maximum absolute atomic E-state index is 12.0. The van der Waals surface area contributed by atoms with Crippen LogP contribution in [0.5, 0.6) is 0 Å². The Morgan fingerprint density at radius 1 is 1.05 bits per heavy atom. The van der Waals surface area contributed by atoms with Gasteiger partial charge in [-0.15, -0.1) is 0 Å². The van der Waals surface area contributed by atoms with Crippen molar-refractivity contribution in [2.45, 2.75) is 26.0 Å². The van der Waals surface area contributed by atoms with E-state index < -0.39 is 0 Å². The zero-order chi connectivity index (χ0) is 15.8. The minimum absolute atomic E-state index is 0.0205. The van der Waals surface area contributed by atoms with Crippen LogP contribution in [0, 0.1) is 0 Å². The molecule has 2 aromatic rings. The van der Waals surface area contributed by atoms with E-state index in [4.69, 9.17) is 16.3 Å². The van der Waals surface area contributed by atoms with Crippen LogP contribution in [0.3, 0.4) is 0 Å². The summed E-state index contributed by atoms with van der Waals surface area (Å²) in [5.74, 6) is 0.0205. The minimum Gasteiger partial charge on any atom is -0.380 e. The normalized spacial score (nSPS) is 10.5. The Kier molecular flexibility index (Phi) is 6.44.